The Balaban J connectivity index is 1.52. The summed E-state index contributed by atoms with van der Waals surface area (Å²) in [5.41, 5.74) is 5.00. The van der Waals surface area contributed by atoms with Gasteiger partial charge in [-0.1, -0.05) is 62.2 Å². The van der Waals surface area contributed by atoms with Crippen molar-refractivity contribution in [3.8, 4) is 0 Å². The molecule has 24 heavy (non-hydrogen) atoms. The first-order valence-corrected chi connectivity index (χ1v) is 8.93. The van der Waals surface area contributed by atoms with E-state index in [0.717, 1.165) is 11.3 Å². The maximum absolute atomic E-state index is 12.6. The number of nitrogens with one attached hydrogen (secondary N) is 1. The molecule has 3 heteroatoms. The average molecular weight is 320 g/mol. The summed E-state index contributed by atoms with van der Waals surface area (Å²) in [5.74, 6) is 0.826. The number of benzene rings is 2. The molecule has 0 saturated heterocycles. The Kier molecular flexibility index (Phi) is 3.67. The van der Waals surface area contributed by atoms with E-state index in [9.17, 15) is 4.79 Å². The van der Waals surface area contributed by atoms with Crippen LogP contribution in [-0.4, -0.2) is 11.6 Å². The standard InChI is InChI=1S/C21H24N2O/c1-14(16-11-7-9-15-8-3-4-10-17(15)16)22-23-20(24)19-18-12-5-6-13-21(18,19)2/h3-4,7-11,18-19H,5-6,12-13H2,1-2H3,(H,23,24)/b22-14-/t18-,19-,21+/m1/s1. The van der Waals surface area contributed by atoms with Crippen LogP contribution in [0.2, 0.25) is 0 Å². The molecule has 0 spiro atoms. The summed E-state index contributed by atoms with van der Waals surface area (Å²) in [4.78, 5) is 12.6. The molecule has 0 unspecified atom stereocenters. The van der Waals surface area contributed by atoms with Crippen LogP contribution in [0.15, 0.2) is 47.6 Å². The molecular weight excluding hydrogens is 296 g/mol. The summed E-state index contributed by atoms with van der Waals surface area (Å²) in [7, 11) is 0. The SMILES string of the molecule is C/C(=N/NC(=O)[C@H]1[C@H]2CCCC[C@@]21C)c1cccc2ccccc12. The van der Waals surface area contributed by atoms with Crippen LogP contribution in [0, 0.1) is 17.3 Å². The van der Waals surface area contributed by atoms with Crippen molar-refractivity contribution in [2.24, 2.45) is 22.4 Å². The topological polar surface area (TPSA) is 41.5 Å². The van der Waals surface area contributed by atoms with Crippen molar-refractivity contribution in [3.63, 3.8) is 0 Å². The van der Waals surface area contributed by atoms with E-state index in [1.165, 1.54) is 36.5 Å². The van der Waals surface area contributed by atoms with Crippen LogP contribution < -0.4 is 5.43 Å². The van der Waals surface area contributed by atoms with Crippen molar-refractivity contribution >= 4 is 22.4 Å². The van der Waals surface area contributed by atoms with E-state index in [2.05, 4.69) is 41.7 Å². The number of carbonyl (C=O) groups is 1. The smallest absolute Gasteiger partial charge is 0.244 e. The van der Waals surface area contributed by atoms with Crippen molar-refractivity contribution in [3.05, 3.63) is 48.0 Å². The fourth-order valence-electron chi connectivity index (χ4n) is 4.66. The fraction of sp³-hybridized carbons (Fsp3) is 0.429. The molecule has 2 aromatic carbocycles. The molecule has 4 rings (SSSR count). The molecule has 1 amide bonds. The van der Waals surface area contributed by atoms with Crippen molar-refractivity contribution in [2.45, 2.75) is 39.5 Å². The van der Waals surface area contributed by atoms with Gasteiger partial charge in [0, 0.05) is 11.5 Å². The first-order valence-electron chi connectivity index (χ1n) is 8.93. The molecule has 0 radical (unpaired) electrons. The fourth-order valence-corrected chi connectivity index (χ4v) is 4.66. The van der Waals surface area contributed by atoms with Crippen LogP contribution in [0.5, 0.6) is 0 Å². The third-order valence-electron chi connectivity index (χ3n) is 6.13. The first-order chi connectivity index (χ1) is 11.6. The van der Waals surface area contributed by atoms with E-state index < -0.39 is 0 Å². The number of rotatable bonds is 3. The third-order valence-corrected chi connectivity index (χ3v) is 6.13. The zero-order valence-corrected chi connectivity index (χ0v) is 14.4. The predicted molar refractivity (Wildman–Crippen MR) is 97.9 cm³/mol. The summed E-state index contributed by atoms with van der Waals surface area (Å²) in [6, 6.07) is 14.5. The molecule has 0 aliphatic heterocycles. The number of carbonyl (C=O) groups excluding carboxylic acids is 1. The first kappa shape index (κ1) is 15.4. The van der Waals surface area contributed by atoms with Gasteiger partial charge in [-0.15, -0.1) is 0 Å². The molecule has 3 nitrogen and oxygen atoms in total. The van der Waals surface area contributed by atoms with E-state index in [1.54, 1.807) is 0 Å². The highest BCUT2D eigenvalue weighted by Crippen LogP contribution is 2.66. The molecule has 3 atom stereocenters. The maximum atomic E-state index is 12.6. The quantitative estimate of drug-likeness (QED) is 0.656. The molecule has 2 fully saturated rings. The number of fused-ring (bicyclic) bond motifs is 2. The van der Waals surface area contributed by atoms with Gasteiger partial charge in [0.15, 0.2) is 0 Å². The molecule has 0 aromatic heterocycles. The molecule has 2 aliphatic rings. The lowest BCUT2D eigenvalue weighted by Crippen LogP contribution is -2.23. The van der Waals surface area contributed by atoms with E-state index in [4.69, 9.17) is 0 Å². The van der Waals surface area contributed by atoms with E-state index >= 15 is 0 Å². The zero-order chi connectivity index (χ0) is 16.7. The van der Waals surface area contributed by atoms with Gasteiger partial charge in [-0.2, -0.15) is 5.10 Å². The monoisotopic (exact) mass is 320 g/mol. The summed E-state index contributed by atoms with van der Waals surface area (Å²) in [5, 5.41) is 6.77. The van der Waals surface area contributed by atoms with Gasteiger partial charge in [-0.25, -0.2) is 5.43 Å². The van der Waals surface area contributed by atoms with Crippen LogP contribution in [0.1, 0.15) is 45.1 Å². The highest BCUT2D eigenvalue weighted by molar-refractivity contribution is 6.10. The largest absolute Gasteiger partial charge is 0.273 e. The Hall–Kier alpha value is -2.16. The summed E-state index contributed by atoms with van der Waals surface area (Å²) in [6.45, 7) is 4.23. The van der Waals surface area contributed by atoms with Gasteiger partial charge in [-0.05, 0) is 41.9 Å². The summed E-state index contributed by atoms with van der Waals surface area (Å²) >= 11 is 0. The van der Waals surface area contributed by atoms with Crippen molar-refractivity contribution in [1.29, 1.82) is 0 Å². The number of hydrogen-bond donors (Lipinski definition) is 1. The van der Waals surface area contributed by atoms with Crippen LogP contribution in [0.3, 0.4) is 0 Å². The second-order valence-corrected chi connectivity index (χ2v) is 7.54. The summed E-state index contributed by atoms with van der Waals surface area (Å²) < 4.78 is 0. The van der Waals surface area contributed by atoms with Crippen LogP contribution in [-0.2, 0) is 4.79 Å². The Bertz CT molecular complexity index is 820. The number of nitrogens with zero attached hydrogens (tertiary/aromatic N) is 1. The summed E-state index contributed by atoms with van der Waals surface area (Å²) in [6.07, 6.45) is 4.90. The number of hydrazone groups is 1. The molecule has 0 heterocycles. The molecule has 2 saturated carbocycles. The van der Waals surface area contributed by atoms with Gasteiger partial charge in [0.25, 0.3) is 0 Å². The lowest BCUT2D eigenvalue weighted by Gasteiger charge is -2.15. The van der Waals surface area contributed by atoms with Crippen molar-refractivity contribution in [1.82, 2.24) is 5.43 Å². The Labute approximate surface area is 143 Å². The van der Waals surface area contributed by atoms with Crippen LogP contribution in [0.4, 0.5) is 0 Å². The second-order valence-electron chi connectivity index (χ2n) is 7.54. The molecule has 124 valence electrons. The molecule has 2 aliphatic carbocycles. The van der Waals surface area contributed by atoms with Gasteiger partial charge in [0.1, 0.15) is 0 Å². The highest BCUT2D eigenvalue weighted by atomic mass is 16.2. The average Bonchev–Trinajstić information content (AvgIpc) is 3.24. The second kappa shape index (κ2) is 5.73. The molecule has 2 aromatic rings. The normalized spacial score (nSPS) is 29.2. The van der Waals surface area contributed by atoms with Gasteiger partial charge in [-0.3, -0.25) is 4.79 Å². The van der Waals surface area contributed by atoms with Gasteiger partial charge < -0.3 is 0 Å². The highest BCUT2D eigenvalue weighted by Gasteiger charge is 2.64. The molecule has 0 bridgehead atoms. The lowest BCUT2D eigenvalue weighted by atomic mass is 9.90. The minimum atomic E-state index is 0.101. The van der Waals surface area contributed by atoms with Crippen LogP contribution in [0.25, 0.3) is 10.8 Å². The minimum absolute atomic E-state index is 0.101. The van der Waals surface area contributed by atoms with Crippen molar-refractivity contribution in [2.75, 3.05) is 0 Å². The van der Waals surface area contributed by atoms with Gasteiger partial charge in [0.2, 0.25) is 5.91 Å². The predicted octanol–water partition coefficient (Wildman–Crippen LogP) is 4.51. The Morgan fingerprint density at radius 1 is 1.17 bits per heavy atom. The molecule has 1 N–H and O–H groups in total. The Morgan fingerprint density at radius 2 is 1.96 bits per heavy atom. The van der Waals surface area contributed by atoms with Crippen molar-refractivity contribution < 1.29 is 4.79 Å². The van der Waals surface area contributed by atoms with Crippen LogP contribution >= 0.6 is 0 Å². The maximum Gasteiger partial charge on any atom is 0.244 e. The Morgan fingerprint density at radius 3 is 2.75 bits per heavy atom. The zero-order valence-electron chi connectivity index (χ0n) is 14.4. The lowest BCUT2D eigenvalue weighted by molar-refractivity contribution is -0.123. The number of hydrogen-bond acceptors (Lipinski definition) is 2. The minimum Gasteiger partial charge on any atom is -0.273 e. The van der Waals surface area contributed by atoms with Gasteiger partial charge >= 0.3 is 0 Å². The third kappa shape index (κ3) is 2.43. The van der Waals surface area contributed by atoms with E-state index in [0.29, 0.717) is 5.92 Å². The number of amides is 1. The van der Waals surface area contributed by atoms with E-state index in [-0.39, 0.29) is 17.2 Å². The van der Waals surface area contributed by atoms with E-state index in [1.807, 2.05) is 25.1 Å². The molecular formula is C21H24N2O. The van der Waals surface area contributed by atoms with Gasteiger partial charge in [0.05, 0.1) is 5.71 Å².